The second-order valence-corrected chi connectivity index (χ2v) is 4.13. The molecule has 1 amide bonds. The fourth-order valence-corrected chi connectivity index (χ4v) is 1.78. The average Bonchev–Trinajstić information content (AvgIpc) is 2.38. The number of carbonyl (C=O) groups is 1. The van der Waals surface area contributed by atoms with Crippen molar-refractivity contribution < 1.29 is 9.53 Å². The zero-order valence-electron chi connectivity index (χ0n) is 10.8. The van der Waals surface area contributed by atoms with Gasteiger partial charge >= 0.3 is 0 Å². The van der Waals surface area contributed by atoms with Crippen LogP contribution < -0.4 is 15.8 Å². The normalized spacial score (nSPS) is 10.0. The van der Waals surface area contributed by atoms with Gasteiger partial charge in [0.05, 0.1) is 30.2 Å². The Balaban J connectivity index is 2.28. The number of hydrogen-bond donors (Lipinski definition) is 2. The molecule has 0 bridgehead atoms. The first-order valence-electron chi connectivity index (χ1n) is 5.77. The third-order valence-electron chi connectivity index (χ3n) is 2.63. The van der Waals surface area contributed by atoms with E-state index in [0.717, 1.165) is 5.56 Å². The van der Waals surface area contributed by atoms with Gasteiger partial charge in [-0.25, -0.2) is 0 Å². The van der Waals surface area contributed by atoms with Gasteiger partial charge in [-0.15, -0.1) is 0 Å². The molecule has 0 aliphatic carbocycles. The number of nitrogen functional groups attached to an aromatic ring is 1. The zero-order valence-corrected chi connectivity index (χ0v) is 10.8. The average molecular weight is 257 g/mol. The highest BCUT2D eigenvalue weighted by Crippen LogP contribution is 2.26. The minimum absolute atomic E-state index is 0.281. The van der Waals surface area contributed by atoms with Crippen LogP contribution in [0.15, 0.2) is 36.7 Å². The number of anilines is 2. The summed E-state index contributed by atoms with van der Waals surface area (Å²) in [5, 5.41) is 2.76. The first-order chi connectivity index (χ1) is 9.11. The number of aromatic nitrogens is 1. The SMILES string of the molecule is COc1c(N)cccc1C(=O)Nc1cncc(C)c1. The Bertz CT molecular complexity index is 611. The van der Waals surface area contributed by atoms with Crippen molar-refractivity contribution in [2.75, 3.05) is 18.2 Å². The van der Waals surface area contributed by atoms with Crippen LogP contribution in [0.3, 0.4) is 0 Å². The fourth-order valence-electron chi connectivity index (χ4n) is 1.78. The summed E-state index contributed by atoms with van der Waals surface area (Å²) in [6.45, 7) is 1.91. The Hall–Kier alpha value is -2.56. The van der Waals surface area contributed by atoms with Crippen LogP contribution in [0.1, 0.15) is 15.9 Å². The monoisotopic (exact) mass is 257 g/mol. The standard InChI is InChI=1S/C14H15N3O2/c1-9-6-10(8-16-7-9)17-14(18)11-4-3-5-12(15)13(11)19-2/h3-8H,15H2,1-2H3,(H,17,18). The molecule has 0 unspecified atom stereocenters. The Morgan fingerprint density at radius 2 is 2.16 bits per heavy atom. The molecular formula is C14H15N3O2. The summed E-state index contributed by atoms with van der Waals surface area (Å²) >= 11 is 0. The first kappa shape index (κ1) is 12.9. The molecule has 5 nitrogen and oxygen atoms in total. The molecule has 0 saturated heterocycles. The molecule has 0 aliphatic rings. The predicted molar refractivity (Wildman–Crippen MR) is 74.3 cm³/mol. The van der Waals surface area contributed by atoms with Gasteiger partial charge in [0.25, 0.3) is 5.91 Å². The number of benzene rings is 1. The number of carbonyl (C=O) groups excluding carboxylic acids is 1. The minimum atomic E-state index is -0.281. The fraction of sp³-hybridized carbons (Fsp3) is 0.143. The van der Waals surface area contributed by atoms with E-state index in [0.29, 0.717) is 22.7 Å². The highest BCUT2D eigenvalue weighted by atomic mass is 16.5. The summed E-state index contributed by atoms with van der Waals surface area (Å²) in [6.07, 6.45) is 3.31. The van der Waals surface area contributed by atoms with E-state index in [9.17, 15) is 4.79 Å². The Morgan fingerprint density at radius 3 is 2.84 bits per heavy atom. The number of ether oxygens (including phenoxy) is 1. The van der Waals surface area contributed by atoms with Crippen LogP contribution in [0.5, 0.6) is 5.75 Å². The van der Waals surface area contributed by atoms with Crippen LogP contribution in [-0.2, 0) is 0 Å². The molecule has 1 aromatic heterocycles. The van der Waals surface area contributed by atoms with E-state index in [1.165, 1.54) is 7.11 Å². The molecule has 19 heavy (non-hydrogen) atoms. The molecule has 0 atom stereocenters. The van der Waals surface area contributed by atoms with Gasteiger partial charge in [0.1, 0.15) is 0 Å². The summed E-state index contributed by atoms with van der Waals surface area (Å²) in [5.74, 6) is 0.0946. The molecule has 3 N–H and O–H groups in total. The summed E-state index contributed by atoms with van der Waals surface area (Å²) < 4.78 is 5.16. The topological polar surface area (TPSA) is 77.2 Å². The molecular weight excluding hydrogens is 242 g/mol. The number of methoxy groups -OCH3 is 1. The maximum atomic E-state index is 12.2. The number of amides is 1. The predicted octanol–water partition coefficient (Wildman–Crippen LogP) is 2.23. The molecule has 0 aliphatic heterocycles. The van der Waals surface area contributed by atoms with Crippen molar-refractivity contribution in [3.8, 4) is 5.75 Å². The molecule has 5 heteroatoms. The summed E-state index contributed by atoms with van der Waals surface area (Å²) in [4.78, 5) is 16.2. The Kier molecular flexibility index (Phi) is 3.66. The van der Waals surface area contributed by atoms with E-state index in [1.807, 2.05) is 13.0 Å². The van der Waals surface area contributed by atoms with Gasteiger partial charge in [-0.2, -0.15) is 0 Å². The largest absolute Gasteiger partial charge is 0.494 e. The minimum Gasteiger partial charge on any atom is -0.494 e. The van der Waals surface area contributed by atoms with Crippen molar-refractivity contribution in [2.24, 2.45) is 0 Å². The van der Waals surface area contributed by atoms with Crippen LogP contribution in [0.2, 0.25) is 0 Å². The molecule has 2 rings (SSSR count). The van der Waals surface area contributed by atoms with Crippen molar-refractivity contribution in [1.29, 1.82) is 0 Å². The second kappa shape index (κ2) is 5.39. The van der Waals surface area contributed by atoms with E-state index in [2.05, 4.69) is 10.3 Å². The van der Waals surface area contributed by atoms with Gasteiger partial charge in [0.15, 0.2) is 5.75 Å². The van der Waals surface area contributed by atoms with Crippen LogP contribution in [0.4, 0.5) is 11.4 Å². The number of nitrogens with zero attached hydrogens (tertiary/aromatic N) is 1. The van der Waals surface area contributed by atoms with Crippen LogP contribution in [0.25, 0.3) is 0 Å². The number of aryl methyl sites for hydroxylation is 1. The van der Waals surface area contributed by atoms with Crippen molar-refractivity contribution in [2.45, 2.75) is 6.92 Å². The smallest absolute Gasteiger partial charge is 0.259 e. The third-order valence-corrected chi connectivity index (χ3v) is 2.63. The van der Waals surface area contributed by atoms with Crippen molar-refractivity contribution in [1.82, 2.24) is 4.98 Å². The van der Waals surface area contributed by atoms with Gasteiger partial charge in [-0.1, -0.05) is 6.07 Å². The lowest BCUT2D eigenvalue weighted by molar-refractivity contribution is 0.102. The van der Waals surface area contributed by atoms with E-state index < -0.39 is 0 Å². The lowest BCUT2D eigenvalue weighted by atomic mass is 10.1. The molecule has 0 fully saturated rings. The van der Waals surface area contributed by atoms with Crippen LogP contribution in [0, 0.1) is 6.92 Å². The number of pyridine rings is 1. The molecule has 1 heterocycles. The van der Waals surface area contributed by atoms with Gasteiger partial charge in [0, 0.05) is 6.20 Å². The lowest BCUT2D eigenvalue weighted by Gasteiger charge is -2.11. The molecule has 1 aromatic carbocycles. The van der Waals surface area contributed by atoms with Crippen molar-refractivity contribution in [3.63, 3.8) is 0 Å². The van der Waals surface area contributed by atoms with E-state index >= 15 is 0 Å². The first-order valence-corrected chi connectivity index (χ1v) is 5.77. The maximum Gasteiger partial charge on any atom is 0.259 e. The molecule has 98 valence electrons. The summed E-state index contributed by atoms with van der Waals surface area (Å²) in [5.41, 5.74) is 8.19. The summed E-state index contributed by atoms with van der Waals surface area (Å²) in [7, 11) is 1.48. The molecule has 0 saturated carbocycles. The van der Waals surface area contributed by atoms with Crippen molar-refractivity contribution in [3.05, 3.63) is 47.8 Å². The Morgan fingerprint density at radius 1 is 1.37 bits per heavy atom. The molecule has 2 aromatic rings. The number of nitrogens with one attached hydrogen (secondary N) is 1. The number of rotatable bonds is 3. The van der Waals surface area contributed by atoms with E-state index in [-0.39, 0.29) is 5.91 Å². The number of hydrogen-bond acceptors (Lipinski definition) is 4. The van der Waals surface area contributed by atoms with Crippen LogP contribution >= 0.6 is 0 Å². The number of nitrogens with two attached hydrogens (primary N) is 1. The third kappa shape index (κ3) is 2.82. The number of para-hydroxylation sites is 1. The maximum absolute atomic E-state index is 12.2. The second-order valence-electron chi connectivity index (χ2n) is 4.13. The van der Waals surface area contributed by atoms with Crippen LogP contribution in [-0.4, -0.2) is 18.0 Å². The van der Waals surface area contributed by atoms with Gasteiger partial charge in [-0.3, -0.25) is 9.78 Å². The molecule has 0 spiro atoms. The quantitative estimate of drug-likeness (QED) is 0.827. The van der Waals surface area contributed by atoms with E-state index in [1.54, 1.807) is 30.6 Å². The Labute approximate surface area is 111 Å². The van der Waals surface area contributed by atoms with E-state index in [4.69, 9.17) is 10.5 Å². The van der Waals surface area contributed by atoms with Gasteiger partial charge in [0.2, 0.25) is 0 Å². The zero-order chi connectivity index (χ0) is 13.8. The highest BCUT2D eigenvalue weighted by molar-refractivity contribution is 6.07. The van der Waals surface area contributed by atoms with Crippen molar-refractivity contribution >= 4 is 17.3 Å². The highest BCUT2D eigenvalue weighted by Gasteiger charge is 2.14. The van der Waals surface area contributed by atoms with Gasteiger partial charge in [-0.05, 0) is 30.7 Å². The van der Waals surface area contributed by atoms with Gasteiger partial charge < -0.3 is 15.8 Å². The molecule has 0 radical (unpaired) electrons. The lowest BCUT2D eigenvalue weighted by Crippen LogP contribution is -2.14. The summed E-state index contributed by atoms with van der Waals surface area (Å²) in [6, 6.07) is 6.89.